The van der Waals surface area contributed by atoms with E-state index in [-0.39, 0.29) is 25.7 Å². The molecule has 1 aliphatic carbocycles. The number of ether oxygens (including phenoxy) is 2. The van der Waals surface area contributed by atoms with Crippen LogP contribution in [0.25, 0.3) is 0 Å². The Labute approximate surface area is 387 Å². The van der Waals surface area contributed by atoms with Crippen molar-refractivity contribution in [3.05, 3.63) is 85.1 Å². The van der Waals surface area contributed by atoms with Crippen molar-refractivity contribution in [3.8, 4) is 0 Å². The molecule has 0 radical (unpaired) electrons. The van der Waals surface area contributed by atoms with Gasteiger partial charge in [-0.25, -0.2) is 4.57 Å². The number of unbranched alkanes of at least 4 members (excludes halogenated alkanes) is 10. The molecule has 1 fully saturated rings. The summed E-state index contributed by atoms with van der Waals surface area (Å²) in [6.45, 7) is 2.97. The Morgan fingerprint density at radius 1 is 0.569 bits per heavy atom. The first-order chi connectivity index (χ1) is 31.2. The van der Waals surface area contributed by atoms with Gasteiger partial charge in [0.15, 0.2) is 6.10 Å². The van der Waals surface area contributed by atoms with Gasteiger partial charge in [-0.05, 0) is 77.0 Å². The van der Waals surface area contributed by atoms with Crippen LogP contribution >= 0.6 is 7.82 Å². The molecular formula is C49H81O15P. The number of rotatable bonds is 37. The van der Waals surface area contributed by atoms with E-state index in [1.54, 1.807) is 30.4 Å². The molecule has 0 bridgehead atoms. The van der Waals surface area contributed by atoms with E-state index >= 15 is 0 Å². The highest BCUT2D eigenvalue weighted by molar-refractivity contribution is 7.47. The summed E-state index contributed by atoms with van der Waals surface area (Å²) in [6, 6.07) is 0. The SMILES string of the molecule is CCCCC/C=C\C/C=C\C/C=C\CCCCCCC(=O)OC[C@H](COP(=O)(O)OC1[C@H](O)[C@H](O)C(O)[C@H](O)[C@H]1O)OC(=O)CCC[C@@H](O)\C=C/C=C/C=C/[C@@H](O)C/C=C\CCCCC. The molecule has 16 heteroatoms. The van der Waals surface area contributed by atoms with Gasteiger partial charge in [-0.2, -0.15) is 0 Å². The maximum absolute atomic E-state index is 12.8. The van der Waals surface area contributed by atoms with Crippen LogP contribution in [-0.4, -0.2) is 121 Å². The van der Waals surface area contributed by atoms with E-state index in [1.807, 2.05) is 6.08 Å². The standard InChI is InChI=1S/C49H81O15P/c1-3-5-7-9-11-12-13-14-15-16-17-18-19-20-21-23-29-35-42(52)61-37-41(38-62-65(59,60)64-49-47(57)45(55)44(54)46(56)48(49)58)63-43(53)36-30-34-40(51)33-28-25-24-27-32-39(50)31-26-22-10-8-6-4-2/h11-12,14-15,17-18,22,24-28,32-33,39-41,44-51,54-58H,3-10,13,16,19-21,23,29-31,34-38H2,1-2H3,(H,59,60)/b12-11-,15-14-,18-17-,25-24+,26-22-,32-27+,33-28-/t39-,40-,41+,44?,45-,46+,47+,48+,49?/m0/s1. The Balaban J connectivity index is 2.60. The fourth-order valence-electron chi connectivity index (χ4n) is 6.49. The van der Waals surface area contributed by atoms with Crippen molar-refractivity contribution in [2.45, 2.75) is 197 Å². The van der Waals surface area contributed by atoms with Gasteiger partial charge in [0.05, 0.1) is 18.8 Å². The van der Waals surface area contributed by atoms with Crippen LogP contribution in [-0.2, 0) is 32.7 Å². The number of aliphatic hydroxyl groups excluding tert-OH is 7. The van der Waals surface area contributed by atoms with E-state index < -0.39 is 87.9 Å². The highest BCUT2D eigenvalue weighted by Gasteiger charge is 2.51. The van der Waals surface area contributed by atoms with Gasteiger partial charge in [0.2, 0.25) is 0 Å². The third-order valence-corrected chi connectivity index (χ3v) is 11.4. The van der Waals surface area contributed by atoms with Gasteiger partial charge in [-0.1, -0.05) is 137 Å². The fraction of sp³-hybridized carbons (Fsp3) is 0.673. The molecule has 1 aliphatic rings. The number of carbonyl (C=O) groups excluding carboxylic acids is 2. The zero-order valence-electron chi connectivity index (χ0n) is 38.7. The normalized spacial score (nSPS) is 23.2. The molecule has 0 aromatic heterocycles. The van der Waals surface area contributed by atoms with Gasteiger partial charge >= 0.3 is 19.8 Å². The first-order valence-electron chi connectivity index (χ1n) is 23.6. The van der Waals surface area contributed by atoms with Gasteiger partial charge < -0.3 is 50.1 Å². The van der Waals surface area contributed by atoms with Crippen molar-refractivity contribution in [1.82, 2.24) is 0 Å². The van der Waals surface area contributed by atoms with Crippen LogP contribution in [0, 0.1) is 0 Å². The molecule has 0 aromatic rings. The molecule has 1 saturated carbocycles. The van der Waals surface area contributed by atoms with E-state index in [1.165, 1.54) is 31.8 Å². The lowest BCUT2D eigenvalue weighted by molar-refractivity contribution is -0.220. The molecule has 0 aromatic carbocycles. The lowest BCUT2D eigenvalue weighted by Crippen LogP contribution is -2.64. The van der Waals surface area contributed by atoms with Crippen molar-refractivity contribution < 1.29 is 73.3 Å². The Kier molecular flexibility index (Phi) is 35.0. The molecule has 10 atom stereocenters. The number of hydrogen-bond acceptors (Lipinski definition) is 14. The second-order valence-electron chi connectivity index (χ2n) is 16.3. The third kappa shape index (κ3) is 30.8. The van der Waals surface area contributed by atoms with Crippen LogP contribution in [0.4, 0.5) is 0 Å². The lowest BCUT2D eigenvalue weighted by atomic mass is 9.85. The number of aliphatic hydroxyl groups is 7. The van der Waals surface area contributed by atoms with Crippen molar-refractivity contribution in [1.29, 1.82) is 0 Å². The summed E-state index contributed by atoms with van der Waals surface area (Å²) in [7, 11) is -5.20. The summed E-state index contributed by atoms with van der Waals surface area (Å²) in [5.41, 5.74) is 0. The summed E-state index contributed by atoms with van der Waals surface area (Å²) in [5.74, 6) is -1.37. The maximum atomic E-state index is 12.8. The Bertz CT molecular complexity index is 1490. The Hall–Kier alpha value is -3.05. The number of hydrogen-bond donors (Lipinski definition) is 8. The average Bonchev–Trinajstić information content (AvgIpc) is 3.28. The molecule has 0 saturated heterocycles. The molecule has 0 aliphatic heterocycles. The minimum absolute atomic E-state index is 0.0838. The molecule has 15 nitrogen and oxygen atoms in total. The monoisotopic (exact) mass is 941 g/mol. The van der Waals surface area contributed by atoms with Crippen molar-refractivity contribution in [2.24, 2.45) is 0 Å². The second kappa shape index (κ2) is 38.0. The average molecular weight is 941 g/mol. The maximum Gasteiger partial charge on any atom is 0.472 e. The van der Waals surface area contributed by atoms with E-state index in [0.29, 0.717) is 12.8 Å². The van der Waals surface area contributed by atoms with E-state index in [9.17, 15) is 54.8 Å². The molecule has 65 heavy (non-hydrogen) atoms. The molecule has 0 amide bonds. The first kappa shape index (κ1) is 60.0. The minimum Gasteiger partial charge on any atom is -0.462 e. The highest BCUT2D eigenvalue weighted by Crippen LogP contribution is 2.47. The van der Waals surface area contributed by atoms with Crippen molar-refractivity contribution >= 4 is 19.8 Å². The van der Waals surface area contributed by atoms with E-state index in [2.05, 4.69) is 56.4 Å². The number of phosphoric ester groups is 1. The van der Waals surface area contributed by atoms with E-state index in [0.717, 1.165) is 64.2 Å². The van der Waals surface area contributed by atoms with Gasteiger partial charge in [-0.3, -0.25) is 18.6 Å². The van der Waals surface area contributed by atoms with Crippen LogP contribution in [0.1, 0.15) is 142 Å². The summed E-state index contributed by atoms with van der Waals surface area (Å²) in [5, 5.41) is 70.6. The number of phosphoric acid groups is 1. The molecule has 8 N–H and O–H groups in total. The van der Waals surface area contributed by atoms with Crippen LogP contribution in [0.2, 0.25) is 0 Å². The minimum atomic E-state index is -5.20. The fourth-order valence-corrected chi connectivity index (χ4v) is 7.46. The number of carbonyl (C=O) groups is 2. The molecule has 3 unspecified atom stereocenters. The summed E-state index contributed by atoms with van der Waals surface area (Å²) in [4.78, 5) is 35.7. The number of allylic oxidation sites excluding steroid dienone is 11. The molecule has 0 spiro atoms. The number of esters is 2. The van der Waals surface area contributed by atoms with Crippen LogP contribution in [0.15, 0.2) is 85.1 Å². The smallest absolute Gasteiger partial charge is 0.462 e. The zero-order chi connectivity index (χ0) is 48.1. The van der Waals surface area contributed by atoms with Gasteiger partial charge in [0, 0.05) is 12.8 Å². The molecule has 372 valence electrons. The molecule has 0 heterocycles. The van der Waals surface area contributed by atoms with Gasteiger partial charge in [0.1, 0.15) is 43.2 Å². The predicted molar refractivity (Wildman–Crippen MR) is 251 cm³/mol. The quantitative estimate of drug-likeness (QED) is 0.0101. The first-order valence-corrected chi connectivity index (χ1v) is 25.1. The van der Waals surface area contributed by atoms with Crippen LogP contribution < -0.4 is 0 Å². The summed E-state index contributed by atoms with van der Waals surface area (Å²) in [6.07, 6.45) is 28.1. The Morgan fingerprint density at radius 2 is 1.06 bits per heavy atom. The summed E-state index contributed by atoms with van der Waals surface area (Å²) < 4.78 is 33.3. The molecular weight excluding hydrogens is 859 g/mol. The molecule has 1 rings (SSSR count). The lowest BCUT2D eigenvalue weighted by Gasteiger charge is -2.41. The van der Waals surface area contributed by atoms with Crippen LogP contribution in [0.5, 0.6) is 0 Å². The largest absolute Gasteiger partial charge is 0.472 e. The van der Waals surface area contributed by atoms with Crippen molar-refractivity contribution in [3.63, 3.8) is 0 Å². The topological polar surface area (TPSA) is 250 Å². The second-order valence-corrected chi connectivity index (χ2v) is 17.7. The zero-order valence-corrected chi connectivity index (χ0v) is 39.6. The highest BCUT2D eigenvalue weighted by atomic mass is 31.2. The van der Waals surface area contributed by atoms with Gasteiger partial charge in [0.25, 0.3) is 0 Å². The van der Waals surface area contributed by atoms with E-state index in [4.69, 9.17) is 18.5 Å². The van der Waals surface area contributed by atoms with Crippen molar-refractivity contribution in [2.75, 3.05) is 13.2 Å². The predicted octanol–water partition coefficient (Wildman–Crippen LogP) is 7.22. The third-order valence-electron chi connectivity index (χ3n) is 10.4. The van der Waals surface area contributed by atoms with Crippen LogP contribution in [0.3, 0.4) is 0 Å². The van der Waals surface area contributed by atoms with Gasteiger partial charge in [-0.15, -0.1) is 0 Å². The summed E-state index contributed by atoms with van der Waals surface area (Å²) >= 11 is 0. The Morgan fingerprint density at radius 3 is 1.65 bits per heavy atom.